The Labute approximate surface area is 152 Å². The van der Waals surface area contributed by atoms with Gasteiger partial charge in [-0.25, -0.2) is 4.39 Å². The van der Waals surface area contributed by atoms with Crippen LogP contribution >= 0.6 is 0 Å². The molecule has 0 fully saturated rings. The maximum absolute atomic E-state index is 13.3. The molecule has 3 rings (SSSR count). The molecule has 1 aromatic heterocycles. The number of nitrogens with one attached hydrogen (secondary N) is 1. The number of benzene rings is 2. The average Bonchev–Trinajstić information content (AvgIpc) is 2.64. The fourth-order valence-corrected chi connectivity index (χ4v) is 2.49. The second-order valence-electron chi connectivity index (χ2n) is 5.77. The number of nitro benzene ring substituents is 1. The number of hydrogen-bond acceptors (Lipinski definition) is 4. The Morgan fingerprint density at radius 1 is 1.11 bits per heavy atom. The van der Waals surface area contributed by atoms with Crippen LogP contribution in [0, 0.1) is 15.9 Å². The Morgan fingerprint density at radius 3 is 2.52 bits per heavy atom. The standard InChI is InChI=1S/C19H14FN3O4/c20-15-3-1-2-13(10-15)11-22-12-14(4-9-18(22)24)19(25)21-16-5-7-17(8-6-16)23(26)27/h1-10,12H,11H2,(H,21,25). The average molecular weight is 367 g/mol. The second kappa shape index (κ2) is 7.61. The van der Waals surface area contributed by atoms with Crippen LogP contribution in [-0.4, -0.2) is 15.4 Å². The molecule has 0 radical (unpaired) electrons. The second-order valence-corrected chi connectivity index (χ2v) is 5.77. The summed E-state index contributed by atoms with van der Waals surface area (Å²) in [6.45, 7) is 0.120. The van der Waals surface area contributed by atoms with E-state index in [1.807, 2.05) is 0 Å². The summed E-state index contributed by atoms with van der Waals surface area (Å²) >= 11 is 0. The van der Waals surface area contributed by atoms with E-state index in [4.69, 9.17) is 0 Å². The molecule has 1 heterocycles. The Balaban J connectivity index is 1.79. The lowest BCUT2D eigenvalue weighted by Crippen LogP contribution is -2.22. The molecular formula is C19H14FN3O4. The van der Waals surface area contributed by atoms with Gasteiger partial charge in [-0.3, -0.25) is 19.7 Å². The zero-order chi connectivity index (χ0) is 19.4. The topological polar surface area (TPSA) is 94.2 Å². The van der Waals surface area contributed by atoms with Crippen LogP contribution in [0.15, 0.2) is 71.7 Å². The van der Waals surface area contributed by atoms with Crippen molar-refractivity contribution in [1.29, 1.82) is 0 Å². The number of carbonyl (C=O) groups is 1. The van der Waals surface area contributed by atoms with E-state index in [1.165, 1.54) is 59.3 Å². The highest BCUT2D eigenvalue weighted by molar-refractivity contribution is 6.04. The lowest BCUT2D eigenvalue weighted by molar-refractivity contribution is -0.384. The van der Waals surface area contributed by atoms with Crippen molar-refractivity contribution in [2.45, 2.75) is 6.54 Å². The molecule has 0 aliphatic heterocycles. The number of anilines is 1. The number of amides is 1. The highest BCUT2D eigenvalue weighted by Gasteiger charge is 2.10. The van der Waals surface area contributed by atoms with E-state index in [9.17, 15) is 24.1 Å². The van der Waals surface area contributed by atoms with Gasteiger partial charge in [0.1, 0.15) is 5.82 Å². The minimum Gasteiger partial charge on any atom is -0.322 e. The van der Waals surface area contributed by atoms with Crippen LogP contribution < -0.4 is 10.9 Å². The highest BCUT2D eigenvalue weighted by Crippen LogP contribution is 2.16. The lowest BCUT2D eigenvalue weighted by atomic mass is 10.2. The smallest absolute Gasteiger partial charge is 0.269 e. The van der Waals surface area contributed by atoms with Gasteiger partial charge in [0.2, 0.25) is 0 Å². The number of carbonyl (C=O) groups excluding carboxylic acids is 1. The third kappa shape index (κ3) is 4.43. The molecule has 136 valence electrons. The molecule has 0 bridgehead atoms. The molecule has 0 saturated carbocycles. The normalized spacial score (nSPS) is 10.4. The number of non-ortho nitro benzene ring substituents is 1. The molecule has 8 heteroatoms. The Kier molecular flexibility index (Phi) is 5.07. The van der Waals surface area contributed by atoms with E-state index < -0.39 is 16.6 Å². The zero-order valence-electron chi connectivity index (χ0n) is 14.0. The van der Waals surface area contributed by atoms with Gasteiger partial charge in [0.15, 0.2) is 0 Å². The Bertz CT molecular complexity index is 1060. The molecule has 0 atom stereocenters. The van der Waals surface area contributed by atoms with E-state index in [1.54, 1.807) is 12.1 Å². The first-order valence-electron chi connectivity index (χ1n) is 7.93. The molecule has 0 spiro atoms. The SMILES string of the molecule is O=C(Nc1ccc([N+](=O)[O-])cc1)c1ccc(=O)n(Cc2cccc(F)c2)c1. The van der Waals surface area contributed by atoms with Crippen molar-refractivity contribution in [2.75, 3.05) is 5.32 Å². The molecule has 1 amide bonds. The van der Waals surface area contributed by atoms with Gasteiger partial charge in [-0.15, -0.1) is 0 Å². The molecular weight excluding hydrogens is 353 g/mol. The van der Waals surface area contributed by atoms with Crippen LogP contribution in [0.1, 0.15) is 15.9 Å². The maximum atomic E-state index is 13.3. The van der Waals surface area contributed by atoms with Gasteiger partial charge in [-0.05, 0) is 35.9 Å². The van der Waals surface area contributed by atoms with E-state index >= 15 is 0 Å². The molecule has 3 aromatic rings. The number of aromatic nitrogens is 1. The predicted molar refractivity (Wildman–Crippen MR) is 97.3 cm³/mol. The third-order valence-corrected chi connectivity index (χ3v) is 3.82. The van der Waals surface area contributed by atoms with E-state index in [0.29, 0.717) is 11.3 Å². The molecule has 0 unspecified atom stereocenters. The number of nitro groups is 1. The van der Waals surface area contributed by atoms with Crippen molar-refractivity contribution in [3.63, 3.8) is 0 Å². The summed E-state index contributed by atoms with van der Waals surface area (Å²) in [6, 6.07) is 13.9. The summed E-state index contributed by atoms with van der Waals surface area (Å²) in [5.74, 6) is -0.885. The Morgan fingerprint density at radius 2 is 1.85 bits per heavy atom. The van der Waals surface area contributed by atoms with Gasteiger partial charge in [-0.2, -0.15) is 0 Å². The van der Waals surface area contributed by atoms with Crippen LogP contribution in [0.4, 0.5) is 15.8 Å². The molecule has 1 N–H and O–H groups in total. The summed E-state index contributed by atoms with van der Waals surface area (Å²) in [5, 5.41) is 13.3. The first-order chi connectivity index (χ1) is 12.9. The highest BCUT2D eigenvalue weighted by atomic mass is 19.1. The minimum absolute atomic E-state index is 0.0864. The molecule has 0 aliphatic carbocycles. The zero-order valence-corrected chi connectivity index (χ0v) is 14.0. The van der Waals surface area contributed by atoms with Crippen LogP contribution in [0.5, 0.6) is 0 Å². The first kappa shape index (κ1) is 18.0. The fourth-order valence-electron chi connectivity index (χ4n) is 2.49. The predicted octanol–water partition coefficient (Wildman–Crippen LogP) is 3.20. The molecule has 0 saturated heterocycles. The number of hydrogen-bond donors (Lipinski definition) is 1. The van der Waals surface area contributed by atoms with Crippen LogP contribution in [0.3, 0.4) is 0 Å². The number of rotatable bonds is 5. The van der Waals surface area contributed by atoms with E-state index in [0.717, 1.165) is 0 Å². The van der Waals surface area contributed by atoms with Crippen LogP contribution in [0.2, 0.25) is 0 Å². The van der Waals surface area contributed by atoms with Gasteiger partial charge in [0.25, 0.3) is 17.2 Å². The van der Waals surface area contributed by atoms with Gasteiger partial charge in [0.05, 0.1) is 17.0 Å². The summed E-state index contributed by atoms with van der Waals surface area (Å²) in [7, 11) is 0. The fraction of sp³-hybridized carbons (Fsp3) is 0.0526. The number of nitrogens with zero attached hydrogens (tertiary/aromatic N) is 2. The maximum Gasteiger partial charge on any atom is 0.269 e. The molecule has 27 heavy (non-hydrogen) atoms. The molecule has 2 aromatic carbocycles. The van der Waals surface area contributed by atoms with Crippen molar-refractivity contribution in [3.8, 4) is 0 Å². The van der Waals surface area contributed by atoms with Crippen molar-refractivity contribution < 1.29 is 14.1 Å². The third-order valence-electron chi connectivity index (χ3n) is 3.82. The number of halogens is 1. The molecule has 0 aliphatic rings. The van der Waals surface area contributed by atoms with Crippen LogP contribution in [-0.2, 0) is 6.54 Å². The van der Waals surface area contributed by atoms with Gasteiger partial charge >= 0.3 is 0 Å². The van der Waals surface area contributed by atoms with E-state index in [-0.39, 0.29) is 23.4 Å². The Hall–Kier alpha value is -3.81. The minimum atomic E-state index is -0.534. The number of pyridine rings is 1. The summed E-state index contributed by atoms with van der Waals surface area (Å²) < 4.78 is 14.6. The largest absolute Gasteiger partial charge is 0.322 e. The summed E-state index contributed by atoms with van der Waals surface area (Å²) in [6.07, 6.45) is 1.38. The van der Waals surface area contributed by atoms with Crippen molar-refractivity contribution in [1.82, 2.24) is 4.57 Å². The monoisotopic (exact) mass is 367 g/mol. The van der Waals surface area contributed by atoms with Crippen LogP contribution in [0.25, 0.3) is 0 Å². The lowest BCUT2D eigenvalue weighted by Gasteiger charge is -2.09. The quantitative estimate of drug-likeness (QED) is 0.553. The molecule has 7 nitrogen and oxygen atoms in total. The first-order valence-corrected chi connectivity index (χ1v) is 7.93. The van der Waals surface area contributed by atoms with Crippen molar-refractivity contribution in [3.05, 3.63) is 104 Å². The summed E-state index contributed by atoms with van der Waals surface area (Å²) in [4.78, 5) is 34.5. The van der Waals surface area contributed by atoms with Crippen molar-refractivity contribution >= 4 is 17.3 Å². The van der Waals surface area contributed by atoms with E-state index in [2.05, 4.69) is 5.32 Å². The van der Waals surface area contributed by atoms with Gasteiger partial charge < -0.3 is 9.88 Å². The summed E-state index contributed by atoms with van der Waals surface area (Å²) in [5.41, 5.74) is 0.783. The van der Waals surface area contributed by atoms with Gasteiger partial charge in [0, 0.05) is 30.1 Å². The van der Waals surface area contributed by atoms with Gasteiger partial charge in [-0.1, -0.05) is 12.1 Å². The van der Waals surface area contributed by atoms with Crippen molar-refractivity contribution in [2.24, 2.45) is 0 Å².